The maximum absolute atomic E-state index is 12.2. The van der Waals surface area contributed by atoms with Gasteiger partial charge in [-0.3, -0.25) is 0 Å². The van der Waals surface area contributed by atoms with Gasteiger partial charge < -0.3 is 5.73 Å². The molecule has 0 amide bonds. The van der Waals surface area contributed by atoms with Crippen LogP contribution in [0.25, 0.3) is 0 Å². The second-order valence-corrected chi connectivity index (χ2v) is 5.91. The molecule has 0 fully saturated rings. The van der Waals surface area contributed by atoms with E-state index in [-0.39, 0.29) is 11.4 Å². The van der Waals surface area contributed by atoms with Crippen molar-refractivity contribution in [1.82, 2.24) is 4.72 Å². The summed E-state index contributed by atoms with van der Waals surface area (Å²) in [5, 5.41) is 0. The average molecular weight is 296 g/mol. The van der Waals surface area contributed by atoms with Crippen LogP contribution in [0.3, 0.4) is 0 Å². The third kappa shape index (κ3) is 5.17. The van der Waals surface area contributed by atoms with E-state index in [0.717, 1.165) is 6.92 Å². The lowest BCUT2D eigenvalue weighted by atomic mass is 10.2. The van der Waals surface area contributed by atoms with Crippen LogP contribution in [0.15, 0.2) is 29.2 Å². The predicted molar refractivity (Wildman–Crippen MR) is 64.8 cm³/mol. The molecule has 1 rings (SSSR count). The van der Waals surface area contributed by atoms with Crippen LogP contribution in [-0.4, -0.2) is 20.6 Å². The van der Waals surface area contributed by atoms with Crippen molar-refractivity contribution in [3.63, 3.8) is 0 Å². The first-order valence-corrected chi connectivity index (χ1v) is 7.00. The maximum atomic E-state index is 12.2. The Morgan fingerprint density at radius 3 is 2.53 bits per heavy atom. The fourth-order valence-corrected chi connectivity index (χ4v) is 2.87. The van der Waals surface area contributed by atoms with E-state index >= 15 is 0 Å². The lowest BCUT2D eigenvalue weighted by molar-refractivity contribution is -0.137. The van der Waals surface area contributed by atoms with Gasteiger partial charge >= 0.3 is 6.18 Å². The largest absolute Gasteiger partial charge is 0.390 e. The molecule has 1 aromatic rings. The molecule has 0 aliphatic rings. The van der Waals surface area contributed by atoms with Gasteiger partial charge in [-0.25, -0.2) is 13.1 Å². The normalized spacial score (nSPS) is 14.4. The molecule has 1 atom stereocenters. The summed E-state index contributed by atoms with van der Waals surface area (Å²) in [5.41, 5.74) is 5.97. The van der Waals surface area contributed by atoms with Gasteiger partial charge in [-0.15, -0.1) is 0 Å². The Labute approximate surface area is 109 Å². The fraction of sp³-hybridized carbons (Fsp3) is 0.455. The number of hydrogen-bond acceptors (Lipinski definition) is 3. The molecule has 1 unspecified atom stereocenters. The summed E-state index contributed by atoms with van der Waals surface area (Å²) in [5.74, 6) is 0. The molecule has 8 heteroatoms. The van der Waals surface area contributed by atoms with Crippen LogP contribution in [0, 0.1) is 0 Å². The van der Waals surface area contributed by atoms with E-state index in [4.69, 9.17) is 5.73 Å². The molecule has 108 valence electrons. The van der Waals surface area contributed by atoms with Crippen molar-refractivity contribution < 1.29 is 21.6 Å². The molecule has 4 nitrogen and oxygen atoms in total. The Morgan fingerprint density at radius 2 is 2.00 bits per heavy atom. The van der Waals surface area contributed by atoms with Crippen molar-refractivity contribution in [3.05, 3.63) is 29.8 Å². The van der Waals surface area contributed by atoms with Crippen molar-refractivity contribution >= 4 is 10.0 Å². The lowest BCUT2D eigenvalue weighted by Gasteiger charge is -2.16. The molecule has 19 heavy (non-hydrogen) atoms. The Morgan fingerprint density at radius 1 is 1.37 bits per heavy atom. The molecule has 0 heterocycles. The Balaban J connectivity index is 2.86. The molecule has 0 saturated carbocycles. The molecule has 3 N–H and O–H groups in total. The van der Waals surface area contributed by atoms with Crippen LogP contribution in [0.4, 0.5) is 13.2 Å². The van der Waals surface area contributed by atoms with Crippen LogP contribution < -0.4 is 10.5 Å². The number of nitrogens with two attached hydrogens (primary N) is 1. The van der Waals surface area contributed by atoms with E-state index in [1.54, 1.807) is 6.07 Å². The van der Waals surface area contributed by atoms with Crippen molar-refractivity contribution in [2.45, 2.75) is 37.0 Å². The van der Waals surface area contributed by atoms with Gasteiger partial charge in [0.05, 0.1) is 11.3 Å². The van der Waals surface area contributed by atoms with Gasteiger partial charge in [0.1, 0.15) is 0 Å². The highest BCUT2D eigenvalue weighted by atomic mass is 32.2. The molecule has 0 spiro atoms. The molecule has 0 aromatic heterocycles. The van der Waals surface area contributed by atoms with Gasteiger partial charge in [0, 0.05) is 12.6 Å². The van der Waals surface area contributed by atoms with Crippen LogP contribution >= 0.6 is 0 Å². The first-order chi connectivity index (χ1) is 8.64. The summed E-state index contributed by atoms with van der Waals surface area (Å²) in [4.78, 5) is -0.0931. The van der Waals surface area contributed by atoms with Gasteiger partial charge in [-0.1, -0.05) is 12.1 Å². The van der Waals surface area contributed by atoms with Gasteiger partial charge in [-0.2, -0.15) is 13.2 Å². The number of benzene rings is 1. The van der Waals surface area contributed by atoms with Gasteiger partial charge in [0.15, 0.2) is 0 Å². The quantitative estimate of drug-likeness (QED) is 0.869. The van der Waals surface area contributed by atoms with E-state index in [0.29, 0.717) is 5.56 Å². The smallest absolute Gasteiger partial charge is 0.326 e. The second-order valence-electron chi connectivity index (χ2n) is 4.19. The van der Waals surface area contributed by atoms with E-state index in [9.17, 15) is 21.6 Å². The van der Waals surface area contributed by atoms with Crippen LogP contribution in [0.2, 0.25) is 0 Å². The van der Waals surface area contributed by atoms with Crippen molar-refractivity contribution in [1.29, 1.82) is 0 Å². The summed E-state index contributed by atoms with van der Waals surface area (Å²) >= 11 is 0. The molecular formula is C11H15F3N2O2S. The van der Waals surface area contributed by atoms with Crippen molar-refractivity contribution in [2.75, 3.05) is 0 Å². The Kier molecular flexibility index (Phi) is 4.94. The lowest BCUT2D eigenvalue weighted by Crippen LogP contribution is -2.35. The van der Waals surface area contributed by atoms with Gasteiger partial charge in [0.25, 0.3) is 0 Å². The van der Waals surface area contributed by atoms with Crippen molar-refractivity contribution in [3.8, 4) is 0 Å². The van der Waals surface area contributed by atoms with E-state index < -0.39 is 28.7 Å². The molecule has 0 radical (unpaired) electrons. The molecule has 0 aliphatic carbocycles. The number of alkyl halides is 3. The molecule has 0 saturated heterocycles. The first-order valence-electron chi connectivity index (χ1n) is 5.52. The average Bonchev–Trinajstić information content (AvgIpc) is 2.25. The van der Waals surface area contributed by atoms with Crippen molar-refractivity contribution in [2.24, 2.45) is 5.73 Å². The minimum absolute atomic E-state index is 0.0931. The third-order valence-corrected chi connectivity index (χ3v) is 3.93. The third-order valence-electron chi connectivity index (χ3n) is 2.34. The number of halogens is 3. The minimum atomic E-state index is -4.42. The summed E-state index contributed by atoms with van der Waals surface area (Å²) in [6.45, 7) is 1.32. The number of rotatable bonds is 5. The molecule has 1 aromatic carbocycles. The summed E-state index contributed by atoms with van der Waals surface area (Å²) in [6, 6.07) is 4.54. The fourth-order valence-electron chi connectivity index (χ4n) is 1.56. The van der Waals surface area contributed by atoms with E-state index in [2.05, 4.69) is 0 Å². The zero-order valence-corrected chi connectivity index (χ0v) is 11.1. The first kappa shape index (κ1) is 15.9. The summed E-state index contributed by atoms with van der Waals surface area (Å²) < 4.78 is 62.2. The van der Waals surface area contributed by atoms with Crippen LogP contribution in [0.1, 0.15) is 18.9 Å². The zero-order chi connectivity index (χ0) is 14.7. The van der Waals surface area contributed by atoms with Gasteiger partial charge in [0.2, 0.25) is 10.0 Å². The summed E-state index contributed by atoms with van der Waals surface area (Å²) in [7, 11) is -3.97. The van der Waals surface area contributed by atoms with Crippen LogP contribution in [0.5, 0.6) is 0 Å². The standard InChI is InChI=1S/C11H15F3N2O2S/c1-8(6-11(12,13)14)16-19(17,18)10-4-2-3-9(5-10)7-15/h2-5,8,16H,6-7,15H2,1H3. The minimum Gasteiger partial charge on any atom is -0.326 e. The molecule has 0 bridgehead atoms. The monoisotopic (exact) mass is 296 g/mol. The van der Waals surface area contributed by atoms with Crippen LogP contribution in [-0.2, 0) is 16.6 Å². The zero-order valence-electron chi connectivity index (χ0n) is 10.2. The van der Waals surface area contributed by atoms with E-state index in [1.807, 2.05) is 4.72 Å². The highest BCUT2D eigenvalue weighted by molar-refractivity contribution is 7.89. The number of hydrogen-bond donors (Lipinski definition) is 2. The number of sulfonamides is 1. The number of nitrogens with one attached hydrogen (secondary N) is 1. The molecule has 0 aliphatic heterocycles. The Bertz CT molecular complexity index is 529. The topological polar surface area (TPSA) is 72.2 Å². The Hall–Kier alpha value is -1.12. The maximum Gasteiger partial charge on any atom is 0.390 e. The second kappa shape index (κ2) is 5.89. The molecular weight excluding hydrogens is 281 g/mol. The van der Waals surface area contributed by atoms with E-state index in [1.165, 1.54) is 18.2 Å². The SMILES string of the molecule is CC(CC(F)(F)F)NS(=O)(=O)c1cccc(CN)c1. The summed E-state index contributed by atoms with van der Waals surface area (Å²) in [6.07, 6.45) is -5.64. The predicted octanol–water partition coefficient (Wildman–Crippen LogP) is 1.76. The highest BCUT2D eigenvalue weighted by Crippen LogP contribution is 2.22. The highest BCUT2D eigenvalue weighted by Gasteiger charge is 2.31. The van der Waals surface area contributed by atoms with Gasteiger partial charge in [-0.05, 0) is 24.6 Å².